The molecule has 1 N–H and O–H groups in total. The van der Waals surface area contributed by atoms with Crippen molar-refractivity contribution in [3.8, 4) is 0 Å². The monoisotopic (exact) mass is 369 g/mol. The Kier molecular flexibility index (Phi) is 4.28. The molecule has 1 atom stereocenters. The average molecular weight is 370 g/mol. The molecule has 1 fully saturated rings. The van der Waals surface area contributed by atoms with Gasteiger partial charge < -0.3 is 10.2 Å². The van der Waals surface area contributed by atoms with Crippen LogP contribution >= 0.6 is 11.6 Å². The number of hydrogen-bond acceptors (Lipinski definition) is 3. The van der Waals surface area contributed by atoms with Crippen LogP contribution in [0.25, 0.3) is 11.0 Å². The highest BCUT2D eigenvalue weighted by Gasteiger charge is 2.30. The number of aromatic nitrogens is 3. The number of hydrogen-bond donors (Lipinski definition) is 1. The van der Waals surface area contributed by atoms with Gasteiger partial charge in [-0.2, -0.15) is 5.10 Å². The summed E-state index contributed by atoms with van der Waals surface area (Å²) in [5.74, 6) is 0. The summed E-state index contributed by atoms with van der Waals surface area (Å²) in [6.07, 6.45) is 3.59. The Bertz CT molecular complexity index is 983. The van der Waals surface area contributed by atoms with Crippen LogP contribution in [0.4, 0.5) is 10.5 Å². The molecular formula is C19H20ClN5O. The molecule has 6 nitrogen and oxygen atoms in total. The van der Waals surface area contributed by atoms with Crippen molar-refractivity contribution in [3.63, 3.8) is 0 Å². The maximum absolute atomic E-state index is 12.8. The summed E-state index contributed by atoms with van der Waals surface area (Å²) >= 11 is 6.12. The van der Waals surface area contributed by atoms with Crippen LogP contribution in [0, 0.1) is 6.92 Å². The molecule has 3 heterocycles. The fraction of sp³-hybridized carbons (Fsp3) is 0.316. The summed E-state index contributed by atoms with van der Waals surface area (Å²) in [5, 5.41) is 8.98. The highest BCUT2D eigenvalue weighted by Crippen LogP contribution is 2.33. The van der Waals surface area contributed by atoms with Gasteiger partial charge in [0.2, 0.25) is 0 Å². The van der Waals surface area contributed by atoms with Crippen molar-refractivity contribution in [3.05, 3.63) is 52.8 Å². The smallest absolute Gasteiger partial charge is 0.317 e. The Balaban J connectivity index is 1.56. The number of likely N-dealkylation sites (tertiary alicyclic amines) is 1. The van der Waals surface area contributed by atoms with Crippen molar-refractivity contribution in [2.75, 3.05) is 11.9 Å². The molecule has 0 aliphatic carbocycles. The lowest BCUT2D eigenvalue weighted by Gasteiger charge is -2.25. The minimum atomic E-state index is -0.116. The number of urea groups is 1. The third kappa shape index (κ3) is 3.01. The molecule has 1 saturated heterocycles. The van der Waals surface area contributed by atoms with Gasteiger partial charge >= 0.3 is 6.03 Å². The van der Waals surface area contributed by atoms with Crippen LogP contribution in [0.2, 0.25) is 5.02 Å². The van der Waals surface area contributed by atoms with E-state index in [0.29, 0.717) is 10.7 Å². The fourth-order valence-electron chi connectivity index (χ4n) is 3.64. The maximum Gasteiger partial charge on any atom is 0.322 e. The maximum atomic E-state index is 12.8. The summed E-state index contributed by atoms with van der Waals surface area (Å²) < 4.78 is 1.74. The first-order valence-electron chi connectivity index (χ1n) is 8.65. The van der Waals surface area contributed by atoms with E-state index in [2.05, 4.69) is 15.4 Å². The molecule has 0 radical (unpaired) electrons. The Hall–Kier alpha value is -2.60. The first-order chi connectivity index (χ1) is 12.5. The molecule has 1 aromatic carbocycles. The van der Waals surface area contributed by atoms with E-state index in [1.54, 1.807) is 10.9 Å². The first-order valence-corrected chi connectivity index (χ1v) is 9.03. The number of anilines is 1. The average Bonchev–Trinajstić information content (AvgIpc) is 3.20. The summed E-state index contributed by atoms with van der Waals surface area (Å²) in [7, 11) is 1.86. The topological polar surface area (TPSA) is 63.1 Å². The van der Waals surface area contributed by atoms with Gasteiger partial charge in [-0.3, -0.25) is 4.68 Å². The molecule has 1 aliphatic rings. The van der Waals surface area contributed by atoms with Crippen molar-refractivity contribution in [2.45, 2.75) is 25.8 Å². The van der Waals surface area contributed by atoms with Crippen LogP contribution in [-0.4, -0.2) is 32.2 Å². The Morgan fingerprint density at radius 2 is 2.19 bits per heavy atom. The number of rotatable bonds is 2. The lowest BCUT2D eigenvalue weighted by Crippen LogP contribution is -2.34. The standard InChI is InChI=1S/C19H20ClN5O/c1-12-16-10-15(11-21-18(16)24(2)23-12)22-19(26)25-8-4-7-17(25)13-5-3-6-14(20)9-13/h3,5-6,9-11,17H,4,7-8H2,1-2H3,(H,22,26). The molecule has 1 aliphatic heterocycles. The molecule has 2 amide bonds. The molecule has 4 rings (SSSR count). The number of carbonyl (C=O) groups excluding carboxylic acids is 1. The fourth-order valence-corrected chi connectivity index (χ4v) is 3.84. The normalized spacial score (nSPS) is 17.0. The number of aryl methyl sites for hydroxylation is 2. The minimum Gasteiger partial charge on any atom is -0.317 e. The van der Waals surface area contributed by atoms with Crippen LogP contribution in [-0.2, 0) is 7.05 Å². The van der Waals surface area contributed by atoms with Crippen molar-refractivity contribution in [1.29, 1.82) is 0 Å². The number of halogens is 1. The molecule has 7 heteroatoms. The van der Waals surface area contributed by atoms with E-state index < -0.39 is 0 Å². The zero-order chi connectivity index (χ0) is 18.3. The molecule has 26 heavy (non-hydrogen) atoms. The van der Waals surface area contributed by atoms with Gasteiger partial charge in [0.25, 0.3) is 0 Å². The zero-order valence-corrected chi connectivity index (χ0v) is 15.5. The van der Waals surface area contributed by atoms with Crippen LogP contribution in [0.3, 0.4) is 0 Å². The SMILES string of the molecule is Cc1nn(C)c2ncc(NC(=O)N3CCCC3c3cccc(Cl)c3)cc12. The predicted octanol–water partition coefficient (Wildman–Crippen LogP) is 4.30. The molecular weight excluding hydrogens is 350 g/mol. The molecule has 3 aromatic rings. The third-order valence-corrected chi connectivity index (χ3v) is 5.10. The van der Waals surface area contributed by atoms with E-state index in [0.717, 1.165) is 41.7 Å². The van der Waals surface area contributed by atoms with E-state index in [1.807, 2.05) is 49.2 Å². The molecule has 0 bridgehead atoms. The van der Waals surface area contributed by atoms with Crippen molar-refractivity contribution < 1.29 is 4.79 Å². The number of benzene rings is 1. The zero-order valence-electron chi connectivity index (χ0n) is 14.7. The number of nitrogens with one attached hydrogen (secondary N) is 1. The van der Waals surface area contributed by atoms with Gasteiger partial charge in [0.1, 0.15) is 0 Å². The van der Waals surface area contributed by atoms with Crippen molar-refractivity contribution in [2.24, 2.45) is 7.05 Å². The second kappa shape index (κ2) is 6.61. The van der Waals surface area contributed by atoms with Gasteiger partial charge in [0.05, 0.1) is 23.6 Å². The van der Waals surface area contributed by atoms with Crippen LogP contribution in [0.15, 0.2) is 36.5 Å². The largest absolute Gasteiger partial charge is 0.322 e. The molecule has 0 saturated carbocycles. The molecule has 1 unspecified atom stereocenters. The lowest BCUT2D eigenvalue weighted by atomic mass is 10.1. The summed E-state index contributed by atoms with van der Waals surface area (Å²) in [6, 6.07) is 9.59. The number of carbonyl (C=O) groups is 1. The van der Waals surface area contributed by atoms with Crippen molar-refractivity contribution >= 4 is 34.4 Å². The quantitative estimate of drug-likeness (QED) is 0.732. The Morgan fingerprint density at radius 3 is 3.00 bits per heavy atom. The van der Waals surface area contributed by atoms with Crippen LogP contribution < -0.4 is 5.32 Å². The van der Waals surface area contributed by atoms with E-state index in [9.17, 15) is 4.79 Å². The second-order valence-electron chi connectivity index (χ2n) is 6.64. The molecule has 0 spiro atoms. The Labute approximate surface area is 156 Å². The van der Waals surface area contributed by atoms with E-state index in [1.165, 1.54) is 0 Å². The van der Waals surface area contributed by atoms with Gasteiger partial charge in [0.15, 0.2) is 5.65 Å². The summed E-state index contributed by atoms with van der Waals surface area (Å²) in [4.78, 5) is 19.1. The highest BCUT2D eigenvalue weighted by molar-refractivity contribution is 6.30. The number of fused-ring (bicyclic) bond motifs is 1. The molecule has 134 valence electrons. The lowest BCUT2D eigenvalue weighted by molar-refractivity contribution is 0.207. The summed E-state index contributed by atoms with van der Waals surface area (Å²) in [6.45, 7) is 2.66. The van der Waals surface area contributed by atoms with Gasteiger partial charge in [-0.05, 0) is 43.5 Å². The van der Waals surface area contributed by atoms with Crippen LogP contribution in [0.1, 0.15) is 30.1 Å². The Morgan fingerprint density at radius 1 is 1.35 bits per heavy atom. The predicted molar refractivity (Wildman–Crippen MR) is 102 cm³/mol. The van der Waals surface area contributed by atoms with Gasteiger partial charge in [-0.25, -0.2) is 9.78 Å². The van der Waals surface area contributed by atoms with Gasteiger partial charge in [-0.15, -0.1) is 0 Å². The van der Waals surface area contributed by atoms with E-state index in [-0.39, 0.29) is 12.1 Å². The minimum absolute atomic E-state index is 0.0468. The number of nitrogens with zero attached hydrogens (tertiary/aromatic N) is 4. The molecule has 2 aromatic heterocycles. The van der Waals surface area contributed by atoms with E-state index in [4.69, 9.17) is 11.6 Å². The third-order valence-electron chi connectivity index (χ3n) is 4.86. The van der Waals surface area contributed by atoms with Gasteiger partial charge in [-0.1, -0.05) is 23.7 Å². The van der Waals surface area contributed by atoms with E-state index >= 15 is 0 Å². The van der Waals surface area contributed by atoms with Gasteiger partial charge in [0, 0.05) is 24.0 Å². The number of pyridine rings is 1. The number of amides is 2. The van der Waals surface area contributed by atoms with Crippen LogP contribution in [0.5, 0.6) is 0 Å². The summed E-state index contributed by atoms with van der Waals surface area (Å²) in [5.41, 5.74) is 3.44. The second-order valence-corrected chi connectivity index (χ2v) is 7.08. The van der Waals surface area contributed by atoms with Crippen molar-refractivity contribution in [1.82, 2.24) is 19.7 Å². The highest BCUT2D eigenvalue weighted by atomic mass is 35.5. The first kappa shape index (κ1) is 16.8.